The molecule has 0 aromatic rings. The van der Waals surface area contributed by atoms with Crippen molar-refractivity contribution < 1.29 is 0 Å². The molecule has 0 aromatic carbocycles. The number of thiol groups is 1. The minimum Gasteiger partial charge on any atom is -0.297 e. The SMILES string of the molecule is CNC(S)NC. The van der Waals surface area contributed by atoms with E-state index < -0.39 is 0 Å². The maximum atomic E-state index is 4.01. The molecule has 2 N–H and O–H groups in total. The van der Waals surface area contributed by atoms with Gasteiger partial charge in [-0.15, -0.1) is 12.6 Å². The van der Waals surface area contributed by atoms with Crippen LogP contribution in [0.15, 0.2) is 0 Å². The van der Waals surface area contributed by atoms with Crippen molar-refractivity contribution in [3.8, 4) is 0 Å². The summed E-state index contributed by atoms with van der Waals surface area (Å²) in [5.74, 6) is 0. The van der Waals surface area contributed by atoms with Gasteiger partial charge >= 0.3 is 0 Å². The van der Waals surface area contributed by atoms with Gasteiger partial charge < -0.3 is 0 Å². The van der Waals surface area contributed by atoms with Gasteiger partial charge in [-0.25, -0.2) is 0 Å². The average molecular weight is 106 g/mol. The van der Waals surface area contributed by atoms with E-state index in [0.29, 0.717) is 0 Å². The molecular formula is C3H10N2S. The van der Waals surface area contributed by atoms with Gasteiger partial charge in [0.2, 0.25) is 0 Å². The molecule has 6 heavy (non-hydrogen) atoms. The molecule has 0 radical (unpaired) electrons. The van der Waals surface area contributed by atoms with Gasteiger partial charge in [-0.2, -0.15) is 0 Å². The number of hydrogen-bond donors (Lipinski definition) is 3. The monoisotopic (exact) mass is 106 g/mol. The molecule has 0 aliphatic carbocycles. The maximum absolute atomic E-state index is 4.01. The fourth-order valence-electron chi connectivity index (χ4n) is 0.144. The van der Waals surface area contributed by atoms with Crippen molar-refractivity contribution in [3.63, 3.8) is 0 Å². The Morgan fingerprint density at radius 3 is 1.67 bits per heavy atom. The Labute approximate surface area is 43.7 Å². The summed E-state index contributed by atoms with van der Waals surface area (Å²) >= 11 is 4.01. The predicted octanol–water partition coefficient (Wildman–Crippen LogP) is -0.361. The second kappa shape index (κ2) is 3.46. The number of nitrogens with one attached hydrogen (secondary N) is 2. The zero-order valence-electron chi connectivity index (χ0n) is 4.02. The zero-order valence-corrected chi connectivity index (χ0v) is 4.92. The lowest BCUT2D eigenvalue weighted by molar-refractivity contribution is 0.659. The molecule has 38 valence electrons. The first-order valence-electron chi connectivity index (χ1n) is 1.84. The summed E-state index contributed by atoms with van der Waals surface area (Å²) in [6.45, 7) is 0. The second-order valence-corrected chi connectivity index (χ2v) is 1.50. The van der Waals surface area contributed by atoms with Crippen LogP contribution in [-0.2, 0) is 0 Å². The van der Waals surface area contributed by atoms with Gasteiger partial charge in [0.15, 0.2) is 0 Å². The van der Waals surface area contributed by atoms with Gasteiger partial charge in [0.05, 0.1) is 0 Å². The van der Waals surface area contributed by atoms with E-state index in [1.807, 2.05) is 14.1 Å². The van der Waals surface area contributed by atoms with E-state index >= 15 is 0 Å². The molecule has 0 bridgehead atoms. The van der Waals surface area contributed by atoms with Crippen LogP contribution in [0.25, 0.3) is 0 Å². The van der Waals surface area contributed by atoms with E-state index in [1.54, 1.807) is 0 Å². The van der Waals surface area contributed by atoms with Crippen LogP contribution in [0, 0.1) is 0 Å². The second-order valence-electron chi connectivity index (χ2n) is 0.980. The summed E-state index contributed by atoms with van der Waals surface area (Å²) in [6, 6.07) is 0. The van der Waals surface area contributed by atoms with Crippen LogP contribution in [0.3, 0.4) is 0 Å². The molecule has 0 saturated heterocycles. The Morgan fingerprint density at radius 1 is 1.33 bits per heavy atom. The first-order chi connectivity index (χ1) is 2.81. The summed E-state index contributed by atoms with van der Waals surface area (Å²) in [5, 5.41) is 5.74. The van der Waals surface area contributed by atoms with Crippen LogP contribution in [0.1, 0.15) is 0 Å². The van der Waals surface area contributed by atoms with Crippen LogP contribution in [0.4, 0.5) is 0 Å². The lowest BCUT2D eigenvalue weighted by Gasteiger charge is -2.03. The molecule has 0 saturated carbocycles. The quantitative estimate of drug-likeness (QED) is 0.331. The Morgan fingerprint density at radius 2 is 1.67 bits per heavy atom. The highest BCUT2D eigenvalue weighted by Gasteiger charge is 1.85. The van der Waals surface area contributed by atoms with Gasteiger partial charge in [0.1, 0.15) is 5.50 Å². The molecule has 0 spiro atoms. The molecule has 3 heteroatoms. The van der Waals surface area contributed by atoms with Crippen LogP contribution in [0.2, 0.25) is 0 Å². The van der Waals surface area contributed by atoms with E-state index in [0.717, 1.165) is 0 Å². The number of rotatable bonds is 2. The normalized spacial score (nSPS) is 10.0. The Hall–Kier alpha value is 0.270. The first kappa shape index (κ1) is 6.27. The highest BCUT2D eigenvalue weighted by atomic mass is 32.1. The van der Waals surface area contributed by atoms with E-state index in [-0.39, 0.29) is 5.50 Å². The predicted molar refractivity (Wildman–Crippen MR) is 30.9 cm³/mol. The molecule has 0 unspecified atom stereocenters. The largest absolute Gasteiger partial charge is 0.297 e. The van der Waals surface area contributed by atoms with Gasteiger partial charge in [0, 0.05) is 0 Å². The van der Waals surface area contributed by atoms with Crippen molar-refractivity contribution >= 4 is 12.6 Å². The summed E-state index contributed by atoms with van der Waals surface area (Å²) in [4.78, 5) is 0. The summed E-state index contributed by atoms with van der Waals surface area (Å²) in [5.41, 5.74) is 0.130. The lowest BCUT2D eigenvalue weighted by atomic mass is 11.0. The van der Waals surface area contributed by atoms with E-state index in [1.165, 1.54) is 0 Å². The van der Waals surface area contributed by atoms with Crippen molar-refractivity contribution in [1.29, 1.82) is 0 Å². The van der Waals surface area contributed by atoms with Crippen molar-refractivity contribution in [2.45, 2.75) is 5.50 Å². The Kier molecular flexibility index (Phi) is 3.62. The molecule has 0 rings (SSSR count). The molecule has 0 amide bonds. The Balaban J connectivity index is 2.75. The molecule has 0 fully saturated rings. The Bertz CT molecular complexity index is 28.0. The van der Waals surface area contributed by atoms with Gasteiger partial charge in [-0.3, -0.25) is 10.6 Å². The van der Waals surface area contributed by atoms with E-state index in [4.69, 9.17) is 0 Å². The maximum Gasteiger partial charge on any atom is 0.102 e. The third-order valence-corrected chi connectivity index (χ3v) is 1.06. The molecule has 0 aromatic heterocycles. The molecule has 2 nitrogen and oxygen atoms in total. The molecular weight excluding hydrogens is 96.1 g/mol. The first-order valence-corrected chi connectivity index (χ1v) is 2.35. The van der Waals surface area contributed by atoms with Crippen LogP contribution < -0.4 is 10.6 Å². The smallest absolute Gasteiger partial charge is 0.102 e. The van der Waals surface area contributed by atoms with Crippen molar-refractivity contribution in [1.82, 2.24) is 10.6 Å². The molecule has 0 heterocycles. The standard InChI is InChI=1S/C3H10N2S/c1-4-3(6)5-2/h3-6H,1-2H3. The number of hydrogen-bond acceptors (Lipinski definition) is 3. The van der Waals surface area contributed by atoms with Crippen LogP contribution in [-0.4, -0.2) is 19.6 Å². The van der Waals surface area contributed by atoms with Gasteiger partial charge in [-0.1, -0.05) is 0 Å². The van der Waals surface area contributed by atoms with E-state index in [9.17, 15) is 0 Å². The average Bonchev–Trinajstić information content (AvgIpc) is 1.65. The van der Waals surface area contributed by atoms with Crippen molar-refractivity contribution in [3.05, 3.63) is 0 Å². The zero-order chi connectivity index (χ0) is 4.99. The third-order valence-electron chi connectivity index (χ3n) is 0.547. The fourth-order valence-corrected chi connectivity index (χ4v) is 0.144. The summed E-state index contributed by atoms with van der Waals surface area (Å²) in [7, 11) is 3.68. The molecule has 0 atom stereocenters. The minimum atomic E-state index is 0.130. The topological polar surface area (TPSA) is 24.1 Å². The summed E-state index contributed by atoms with van der Waals surface area (Å²) in [6.07, 6.45) is 0. The van der Waals surface area contributed by atoms with Crippen LogP contribution >= 0.6 is 12.6 Å². The molecule has 0 aliphatic heterocycles. The van der Waals surface area contributed by atoms with Gasteiger partial charge in [-0.05, 0) is 14.1 Å². The molecule has 0 aliphatic rings. The minimum absolute atomic E-state index is 0.130. The highest BCUT2D eigenvalue weighted by Crippen LogP contribution is 1.74. The van der Waals surface area contributed by atoms with E-state index in [2.05, 4.69) is 23.3 Å². The fraction of sp³-hybridized carbons (Fsp3) is 1.00. The lowest BCUT2D eigenvalue weighted by Crippen LogP contribution is -2.31. The summed E-state index contributed by atoms with van der Waals surface area (Å²) < 4.78 is 0. The van der Waals surface area contributed by atoms with Crippen molar-refractivity contribution in [2.75, 3.05) is 14.1 Å². The van der Waals surface area contributed by atoms with Crippen molar-refractivity contribution in [2.24, 2.45) is 0 Å². The van der Waals surface area contributed by atoms with Crippen LogP contribution in [0.5, 0.6) is 0 Å². The third kappa shape index (κ3) is 2.50. The van der Waals surface area contributed by atoms with Gasteiger partial charge in [0.25, 0.3) is 0 Å². The highest BCUT2D eigenvalue weighted by molar-refractivity contribution is 7.80.